The first kappa shape index (κ1) is 13.4. The van der Waals surface area contributed by atoms with Gasteiger partial charge >= 0.3 is 0 Å². The van der Waals surface area contributed by atoms with Gasteiger partial charge in [-0.25, -0.2) is 0 Å². The number of amides is 1. The third-order valence-electron chi connectivity index (χ3n) is 4.80. The molecule has 1 aromatic carbocycles. The summed E-state index contributed by atoms with van der Waals surface area (Å²) in [7, 11) is 0. The van der Waals surface area contributed by atoms with Crippen molar-refractivity contribution >= 4 is 23.2 Å². The van der Waals surface area contributed by atoms with Crippen molar-refractivity contribution in [3.05, 3.63) is 38.9 Å². The number of hydrogen-bond donors (Lipinski definition) is 0. The number of likely N-dealkylation sites (tertiary alicyclic amines) is 1. The Morgan fingerprint density at radius 2 is 2.00 bits per heavy atom. The molecule has 1 heterocycles. The van der Waals surface area contributed by atoms with Gasteiger partial charge in [0.1, 0.15) is 0 Å². The second kappa shape index (κ2) is 4.19. The zero-order chi connectivity index (χ0) is 14.7. The molecule has 0 radical (unpaired) electrons. The van der Waals surface area contributed by atoms with E-state index < -0.39 is 4.92 Å². The molecule has 1 aliphatic heterocycles. The van der Waals surface area contributed by atoms with Gasteiger partial charge in [-0.05, 0) is 23.3 Å². The van der Waals surface area contributed by atoms with Crippen LogP contribution < -0.4 is 0 Å². The predicted molar refractivity (Wildman–Crippen MR) is 74.8 cm³/mol. The summed E-state index contributed by atoms with van der Waals surface area (Å²) in [4.78, 5) is 24.5. The molecule has 5 nitrogen and oxygen atoms in total. The highest BCUT2D eigenvalue weighted by Crippen LogP contribution is 2.62. The molecular weight excluding hydrogens is 280 g/mol. The molecule has 1 saturated carbocycles. The van der Waals surface area contributed by atoms with Crippen molar-refractivity contribution < 1.29 is 9.72 Å². The van der Waals surface area contributed by atoms with E-state index in [1.165, 1.54) is 18.2 Å². The summed E-state index contributed by atoms with van der Waals surface area (Å²) in [5.41, 5.74) is 0.436. The van der Waals surface area contributed by atoms with E-state index in [0.29, 0.717) is 17.3 Å². The first-order valence-corrected chi connectivity index (χ1v) is 6.93. The molecule has 6 heteroatoms. The van der Waals surface area contributed by atoms with Gasteiger partial charge in [0.05, 0.1) is 15.5 Å². The van der Waals surface area contributed by atoms with Gasteiger partial charge in [0.25, 0.3) is 11.6 Å². The maximum Gasteiger partial charge on any atom is 0.270 e. The maximum atomic E-state index is 12.4. The molecule has 106 valence electrons. The molecular formula is C14H15ClN2O3. The molecule has 1 amide bonds. The molecule has 2 aliphatic rings. The Kier molecular flexibility index (Phi) is 2.80. The molecule has 2 fully saturated rings. The van der Waals surface area contributed by atoms with Crippen molar-refractivity contribution in [3.63, 3.8) is 0 Å². The Labute approximate surface area is 121 Å². The predicted octanol–water partition coefficient (Wildman–Crippen LogP) is 2.98. The number of halogens is 1. The minimum Gasteiger partial charge on any atom is -0.338 e. The van der Waals surface area contributed by atoms with Gasteiger partial charge < -0.3 is 4.90 Å². The Hall–Kier alpha value is -1.62. The molecule has 0 spiro atoms. The van der Waals surface area contributed by atoms with Crippen molar-refractivity contribution in [1.29, 1.82) is 0 Å². The van der Waals surface area contributed by atoms with E-state index in [1.807, 2.05) is 0 Å². The number of carbonyl (C=O) groups excluding carboxylic acids is 1. The Bertz CT molecular complexity index is 600. The summed E-state index contributed by atoms with van der Waals surface area (Å²) in [5.74, 6) is 0.884. The fourth-order valence-electron chi connectivity index (χ4n) is 3.26. The van der Waals surface area contributed by atoms with E-state index >= 15 is 0 Å². The van der Waals surface area contributed by atoms with Crippen LogP contribution in [0.4, 0.5) is 5.69 Å². The number of nitrogens with zero attached hydrogens (tertiary/aromatic N) is 2. The smallest absolute Gasteiger partial charge is 0.270 e. The molecule has 0 bridgehead atoms. The highest BCUT2D eigenvalue weighted by Gasteiger charge is 2.62. The largest absolute Gasteiger partial charge is 0.338 e. The van der Waals surface area contributed by atoms with Gasteiger partial charge in [-0.1, -0.05) is 25.4 Å². The number of piperidine rings is 1. The molecule has 3 rings (SSSR count). The molecule has 1 saturated heterocycles. The van der Waals surface area contributed by atoms with Gasteiger partial charge in [0.2, 0.25) is 0 Å². The highest BCUT2D eigenvalue weighted by atomic mass is 35.5. The lowest BCUT2D eigenvalue weighted by Gasteiger charge is -2.22. The van der Waals surface area contributed by atoms with Crippen LogP contribution in [0, 0.1) is 27.4 Å². The molecule has 1 aliphatic carbocycles. The summed E-state index contributed by atoms with van der Waals surface area (Å²) in [6.07, 6.45) is 0. The van der Waals surface area contributed by atoms with E-state index in [1.54, 1.807) is 4.90 Å². The minimum atomic E-state index is -0.516. The van der Waals surface area contributed by atoms with Gasteiger partial charge in [-0.15, -0.1) is 0 Å². The molecule has 0 unspecified atom stereocenters. The number of non-ortho nitro benzene ring substituents is 1. The molecule has 0 N–H and O–H groups in total. The fraction of sp³-hybridized carbons (Fsp3) is 0.500. The highest BCUT2D eigenvalue weighted by molar-refractivity contribution is 6.33. The van der Waals surface area contributed by atoms with Crippen LogP contribution in [-0.2, 0) is 0 Å². The average Bonchev–Trinajstić information content (AvgIpc) is 2.80. The van der Waals surface area contributed by atoms with E-state index in [2.05, 4.69) is 13.8 Å². The maximum absolute atomic E-state index is 12.4. The van der Waals surface area contributed by atoms with Crippen LogP contribution in [0.2, 0.25) is 5.02 Å². The number of nitro benzene ring substituents is 1. The van der Waals surface area contributed by atoms with Gasteiger partial charge in [0, 0.05) is 25.2 Å². The second-order valence-electron chi connectivity index (χ2n) is 6.17. The van der Waals surface area contributed by atoms with Crippen LogP contribution in [0.15, 0.2) is 18.2 Å². The number of benzene rings is 1. The monoisotopic (exact) mass is 294 g/mol. The number of hydrogen-bond acceptors (Lipinski definition) is 3. The van der Waals surface area contributed by atoms with Crippen LogP contribution >= 0.6 is 11.6 Å². The zero-order valence-electron chi connectivity index (χ0n) is 11.3. The number of fused-ring (bicyclic) bond motifs is 1. The van der Waals surface area contributed by atoms with E-state index in [-0.39, 0.29) is 22.2 Å². The van der Waals surface area contributed by atoms with Crippen molar-refractivity contribution in [2.75, 3.05) is 13.1 Å². The quantitative estimate of drug-likeness (QED) is 0.622. The van der Waals surface area contributed by atoms with Gasteiger partial charge in [-0.2, -0.15) is 0 Å². The SMILES string of the molecule is CC1(C)[C@H]2CN(C(=O)c3cc([N+](=O)[O-])ccc3Cl)C[C@@H]21. The van der Waals surface area contributed by atoms with E-state index in [4.69, 9.17) is 11.6 Å². The van der Waals surface area contributed by atoms with Crippen LogP contribution in [0.3, 0.4) is 0 Å². The fourth-order valence-corrected chi connectivity index (χ4v) is 3.46. The van der Waals surface area contributed by atoms with Crippen LogP contribution in [0.1, 0.15) is 24.2 Å². The first-order chi connectivity index (χ1) is 9.32. The van der Waals surface area contributed by atoms with Gasteiger partial charge in [-0.3, -0.25) is 14.9 Å². The molecule has 2 atom stereocenters. The summed E-state index contributed by atoms with van der Waals surface area (Å²) in [5, 5.41) is 11.1. The summed E-state index contributed by atoms with van der Waals surface area (Å²) in [6.45, 7) is 5.86. The van der Waals surface area contributed by atoms with Crippen LogP contribution in [-0.4, -0.2) is 28.8 Å². The Morgan fingerprint density at radius 1 is 1.40 bits per heavy atom. The third-order valence-corrected chi connectivity index (χ3v) is 5.13. The summed E-state index contributed by atoms with van der Waals surface area (Å²) < 4.78 is 0. The topological polar surface area (TPSA) is 63.5 Å². The van der Waals surface area contributed by atoms with Gasteiger partial charge in [0.15, 0.2) is 0 Å². The average molecular weight is 295 g/mol. The zero-order valence-corrected chi connectivity index (χ0v) is 12.1. The lowest BCUT2D eigenvalue weighted by atomic mass is 10.1. The standard InChI is InChI=1S/C14H15ClN2O3/c1-14(2)10-6-16(7-11(10)14)13(18)9-5-8(17(19)20)3-4-12(9)15/h3-5,10-11H,6-7H2,1-2H3/t10-,11-/m0/s1. The van der Waals surface area contributed by atoms with Crippen molar-refractivity contribution in [1.82, 2.24) is 4.90 Å². The van der Waals surface area contributed by atoms with Crippen molar-refractivity contribution in [2.24, 2.45) is 17.3 Å². The molecule has 1 aromatic rings. The van der Waals surface area contributed by atoms with Crippen LogP contribution in [0.5, 0.6) is 0 Å². The minimum absolute atomic E-state index is 0.109. The van der Waals surface area contributed by atoms with Crippen molar-refractivity contribution in [2.45, 2.75) is 13.8 Å². The normalized spacial score (nSPS) is 26.2. The Balaban J connectivity index is 1.82. The third kappa shape index (κ3) is 1.88. The van der Waals surface area contributed by atoms with Crippen LogP contribution in [0.25, 0.3) is 0 Å². The van der Waals surface area contributed by atoms with E-state index in [9.17, 15) is 14.9 Å². The molecule has 0 aromatic heterocycles. The lowest BCUT2D eigenvalue weighted by molar-refractivity contribution is -0.384. The summed E-state index contributed by atoms with van der Waals surface area (Å²) >= 11 is 6.01. The number of nitro groups is 1. The van der Waals surface area contributed by atoms with E-state index in [0.717, 1.165) is 13.1 Å². The second-order valence-corrected chi connectivity index (χ2v) is 6.57. The Morgan fingerprint density at radius 3 is 2.55 bits per heavy atom. The number of carbonyl (C=O) groups is 1. The summed E-state index contributed by atoms with van der Waals surface area (Å²) in [6, 6.07) is 3.98. The molecule has 20 heavy (non-hydrogen) atoms. The number of rotatable bonds is 2. The first-order valence-electron chi connectivity index (χ1n) is 6.55. The lowest BCUT2D eigenvalue weighted by Crippen LogP contribution is -2.33. The van der Waals surface area contributed by atoms with Crippen molar-refractivity contribution in [3.8, 4) is 0 Å².